The number of nitrogens with one attached hydrogen (secondary N) is 1. The van der Waals surface area contributed by atoms with Gasteiger partial charge in [0.05, 0.1) is 11.4 Å². The highest BCUT2D eigenvalue weighted by atomic mass is 32.3. The van der Waals surface area contributed by atoms with E-state index in [-0.39, 0.29) is 16.9 Å². The third-order valence-corrected chi connectivity index (χ3v) is 2.71. The molecule has 3 N–H and O–H groups in total. The zero-order valence-electron chi connectivity index (χ0n) is 9.71. The Hall–Kier alpha value is -1.37. The van der Waals surface area contributed by atoms with Gasteiger partial charge in [0.15, 0.2) is 0 Å². The molecule has 0 amide bonds. The summed E-state index contributed by atoms with van der Waals surface area (Å²) in [6.45, 7) is 5.47. The van der Waals surface area contributed by atoms with Crippen molar-refractivity contribution in [1.29, 1.82) is 0 Å². The van der Waals surface area contributed by atoms with Gasteiger partial charge in [-0.2, -0.15) is 8.42 Å². The van der Waals surface area contributed by atoms with Crippen LogP contribution in [0.5, 0.6) is 0 Å². The molecule has 1 aromatic carbocycles. The molecule has 0 radical (unpaired) electrons. The van der Waals surface area contributed by atoms with Crippen LogP contribution in [0.3, 0.4) is 0 Å². The fourth-order valence-corrected chi connectivity index (χ4v) is 1.83. The van der Waals surface area contributed by atoms with Crippen LogP contribution >= 0.6 is 0 Å². The molecule has 0 aromatic heterocycles. The van der Waals surface area contributed by atoms with Gasteiger partial charge in [0.1, 0.15) is 10.7 Å². The number of nitrogen functional groups attached to an aromatic ring is 1. The fraction of sp³-hybridized carbons (Fsp3) is 0.400. The summed E-state index contributed by atoms with van der Waals surface area (Å²) in [5.41, 5.74) is 5.35. The van der Waals surface area contributed by atoms with E-state index in [4.69, 9.17) is 5.73 Å². The molecule has 0 aliphatic heterocycles. The van der Waals surface area contributed by atoms with Crippen LogP contribution in [0.4, 0.5) is 19.7 Å². The van der Waals surface area contributed by atoms with Gasteiger partial charge in [-0.25, -0.2) is 4.39 Å². The molecule has 0 aliphatic carbocycles. The largest absolute Gasteiger partial charge is 0.397 e. The first-order chi connectivity index (χ1) is 7.50. The highest BCUT2D eigenvalue weighted by molar-refractivity contribution is 7.86. The minimum Gasteiger partial charge on any atom is -0.397 e. The maximum Gasteiger partial charge on any atom is 0.335 e. The van der Waals surface area contributed by atoms with Crippen molar-refractivity contribution in [2.75, 3.05) is 11.1 Å². The topological polar surface area (TPSA) is 72.2 Å². The van der Waals surface area contributed by atoms with Crippen LogP contribution in [0.1, 0.15) is 20.8 Å². The Labute approximate surface area is 99.0 Å². The Bertz CT molecular complexity index is 536. The molecule has 0 aliphatic rings. The van der Waals surface area contributed by atoms with Crippen molar-refractivity contribution in [2.24, 2.45) is 0 Å². The van der Waals surface area contributed by atoms with Gasteiger partial charge in [-0.3, -0.25) is 0 Å². The summed E-state index contributed by atoms with van der Waals surface area (Å²) in [6, 6.07) is 1.63. The number of hydrogen-bond acceptors (Lipinski definition) is 4. The molecule has 1 rings (SSSR count). The lowest BCUT2D eigenvalue weighted by Crippen LogP contribution is -2.26. The maximum absolute atomic E-state index is 13.4. The molecule has 1 aromatic rings. The highest BCUT2D eigenvalue weighted by Crippen LogP contribution is 2.28. The van der Waals surface area contributed by atoms with Crippen LogP contribution in [0.15, 0.2) is 17.0 Å². The Morgan fingerprint density at radius 2 is 1.82 bits per heavy atom. The van der Waals surface area contributed by atoms with E-state index in [0.29, 0.717) is 0 Å². The molecule has 0 fully saturated rings. The monoisotopic (exact) mass is 264 g/mol. The first-order valence-electron chi connectivity index (χ1n) is 4.82. The number of hydrogen-bond donors (Lipinski definition) is 2. The van der Waals surface area contributed by atoms with Crippen LogP contribution in [0.2, 0.25) is 0 Å². The lowest BCUT2D eigenvalue weighted by Gasteiger charge is -2.23. The molecule has 0 bridgehead atoms. The van der Waals surface area contributed by atoms with Crippen molar-refractivity contribution in [3.05, 3.63) is 17.9 Å². The Morgan fingerprint density at radius 3 is 2.24 bits per heavy atom. The maximum atomic E-state index is 13.4. The van der Waals surface area contributed by atoms with Crippen molar-refractivity contribution >= 4 is 21.6 Å². The summed E-state index contributed by atoms with van der Waals surface area (Å²) in [5.74, 6) is -1.17. The standard InChI is InChI=1S/C10H14F2N2O2S/c1-10(2,3)14-8-4-6(11)9(5-7(8)13)17(12,15)16/h4-5,14H,13H2,1-3H3. The fourth-order valence-electron chi connectivity index (χ4n) is 1.27. The molecule has 0 saturated carbocycles. The molecule has 0 saturated heterocycles. The van der Waals surface area contributed by atoms with E-state index < -0.39 is 20.9 Å². The molecule has 96 valence electrons. The van der Waals surface area contributed by atoms with Gasteiger partial charge in [0.2, 0.25) is 0 Å². The zero-order valence-corrected chi connectivity index (χ0v) is 10.5. The second-order valence-electron chi connectivity index (χ2n) is 4.68. The number of benzene rings is 1. The molecule has 4 nitrogen and oxygen atoms in total. The number of nitrogens with two attached hydrogens (primary N) is 1. The third-order valence-electron chi connectivity index (χ3n) is 1.88. The Morgan fingerprint density at radius 1 is 1.29 bits per heavy atom. The van der Waals surface area contributed by atoms with E-state index in [0.717, 1.165) is 12.1 Å². The SMILES string of the molecule is CC(C)(C)Nc1cc(F)c(S(=O)(=O)F)cc1N. The summed E-state index contributed by atoms with van der Waals surface area (Å²) in [7, 11) is -5.10. The van der Waals surface area contributed by atoms with Crippen LogP contribution in [-0.4, -0.2) is 14.0 Å². The molecule has 7 heteroatoms. The lowest BCUT2D eigenvalue weighted by molar-refractivity contribution is 0.533. The summed E-state index contributed by atoms with van der Waals surface area (Å²) in [6.07, 6.45) is 0. The van der Waals surface area contributed by atoms with Crippen molar-refractivity contribution < 1.29 is 16.7 Å². The van der Waals surface area contributed by atoms with E-state index in [1.165, 1.54) is 0 Å². The molecule has 0 spiro atoms. The van der Waals surface area contributed by atoms with Crippen molar-refractivity contribution in [2.45, 2.75) is 31.2 Å². The summed E-state index contributed by atoms with van der Waals surface area (Å²) in [5, 5.41) is 2.89. The van der Waals surface area contributed by atoms with Gasteiger partial charge >= 0.3 is 10.2 Å². The van der Waals surface area contributed by atoms with Crippen molar-refractivity contribution in [1.82, 2.24) is 0 Å². The minimum atomic E-state index is -5.10. The average molecular weight is 264 g/mol. The predicted octanol–water partition coefficient (Wildman–Crippen LogP) is 2.28. The van der Waals surface area contributed by atoms with Gasteiger partial charge < -0.3 is 11.1 Å². The van der Waals surface area contributed by atoms with Gasteiger partial charge in [-0.15, -0.1) is 3.89 Å². The van der Waals surface area contributed by atoms with Crippen LogP contribution < -0.4 is 11.1 Å². The van der Waals surface area contributed by atoms with Crippen molar-refractivity contribution in [3.63, 3.8) is 0 Å². The highest BCUT2D eigenvalue weighted by Gasteiger charge is 2.21. The molecule has 0 atom stereocenters. The summed E-state index contributed by atoms with van der Waals surface area (Å²) < 4.78 is 47.3. The number of halogens is 2. The van der Waals surface area contributed by atoms with Gasteiger partial charge in [0.25, 0.3) is 0 Å². The van der Waals surface area contributed by atoms with Crippen molar-refractivity contribution in [3.8, 4) is 0 Å². The Kier molecular flexibility index (Phi) is 3.33. The quantitative estimate of drug-likeness (QED) is 0.635. The van der Waals surface area contributed by atoms with Gasteiger partial charge in [-0.1, -0.05) is 0 Å². The average Bonchev–Trinajstić information content (AvgIpc) is 2.06. The lowest BCUT2D eigenvalue weighted by atomic mass is 10.1. The van der Waals surface area contributed by atoms with Crippen LogP contribution in [0.25, 0.3) is 0 Å². The smallest absolute Gasteiger partial charge is 0.335 e. The Balaban J connectivity index is 3.29. The second kappa shape index (κ2) is 4.14. The normalized spacial score (nSPS) is 12.5. The first kappa shape index (κ1) is 13.7. The summed E-state index contributed by atoms with van der Waals surface area (Å²) in [4.78, 5) is -1.05. The molecular formula is C10H14F2N2O2S. The van der Waals surface area contributed by atoms with Gasteiger partial charge in [-0.05, 0) is 26.8 Å². The number of anilines is 2. The first-order valence-corrected chi connectivity index (χ1v) is 6.21. The van der Waals surface area contributed by atoms with Crippen LogP contribution in [0, 0.1) is 5.82 Å². The molecule has 0 unspecified atom stereocenters. The second-order valence-corrected chi connectivity index (χ2v) is 6.00. The summed E-state index contributed by atoms with van der Waals surface area (Å²) >= 11 is 0. The van der Waals surface area contributed by atoms with E-state index in [2.05, 4.69) is 5.32 Å². The predicted molar refractivity (Wildman–Crippen MR) is 62.5 cm³/mol. The minimum absolute atomic E-state index is 0.0300. The third kappa shape index (κ3) is 3.55. The van der Waals surface area contributed by atoms with E-state index in [1.54, 1.807) is 0 Å². The molecular weight excluding hydrogens is 250 g/mol. The van der Waals surface area contributed by atoms with Gasteiger partial charge in [0, 0.05) is 11.6 Å². The molecule has 17 heavy (non-hydrogen) atoms. The van der Waals surface area contributed by atoms with E-state index in [1.807, 2.05) is 20.8 Å². The molecule has 0 heterocycles. The number of rotatable bonds is 2. The van der Waals surface area contributed by atoms with Crippen LogP contribution in [-0.2, 0) is 10.2 Å². The zero-order chi connectivity index (χ0) is 13.4. The van der Waals surface area contributed by atoms with E-state index in [9.17, 15) is 16.7 Å². The van der Waals surface area contributed by atoms with E-state index >= 15 is 0 Å².